The van der Waals surface area contributed by atoms with E-state index in [-0.39, 0.29) is 23.9 Å². The Kier molecular flexibility index (Phi) is 5.19. The van der Waals surface area contributed by atoms with E-state index in [0.29, 0.717) is 18.4 Å². The molecule has 1 aliphatic heterocycles. The molecule has 0 radical (unpaired) electrons. The lowest BCUT2D eigenvalue weighted by atomic mass is 9.84. The zero-order valence-electron chi connectivity index (χ0n) is 13.0. The van der Waals surface area contributed by atoms with Crippen LogP contribution in [0.1, 0.15) is 65.7 Å². The van der Waals surface area contributed by atoms with Gasteiger partial charge in [0.2, 0.25) is 11.8 Å². The fourth-order valence-electron chi connectivity index (χ4n) is 3.51. The summed E-state index contributed by atoms with van der Waals surface area (Å²) in [6.45, 7) is 6.12. The van der Waals surface area contributed by atoms with Crippen molar-refractivity contribution in [1.82, 2.24) is 10.2 Å². The average Bonchev–Trinajstić information content (AvgIpc) is 2.73. The monoisotopic (exact) mass is 280 g/mol. The molecule has 2 amide bonds. The highest BCUT2D eigenvalue weighted by molar-refractivity contribution is 6.05. The van der Waals surface area contributed by atoms with Crippen molar-refractivity contribution in [3.63, 3.8) is 0 Å². The van der Waals surface area contributed by atoms with Crippen molar-refractivity contribution in [2.75, 3.05) is 0 Å². The van der Waals surface area contributed by atoms with Crippen LogP contribution in [-0.4, -0.2) is 34.8 Å². The van der Waals surface area contributed by atoms with Crippen LogP contribution in [0.4, 0.5) is 0 Å². The molecule has 0 bridgehead atoms. The molecule has 0 aromatic rings. The Morgan fingerprint density at radius 2 is 1.85 bits per heavy atom. The molecule has 0 spiro atoms. The van der Waals surface area contributed by atoms with Gasteiger partial charge in [0.15, 0.2) is 0 Å². The lowest BCUT2D eigenvalue weighted by molar-refractivity contribution is -0.141. The molecule has 4 heteroatoms. The standard InChI is InChI=1S/C16H28N2O2/c1-4-11(2)18-15(19)10-14(16(18)20)17-12(3)13-8-6-5-7-9-13/h11-14,17H,4-10H2,1-3H3. The molecule has 1 aliphatic carbocycles. The van der Waals surface area contributed by atoms with Gasteiger partial charge in [-0.2, -0.15) is 0 Å². The van der Waals surface area contributed by atoms with Crippen LogP contribution in [0.15, 0.2) is 0 Å². The number of carbonyl (C=O) groups excluding carboxylic acids is 2. The summed E-state index contributed by atoms with van der Waals surface area (Å²) in [6.07, 6.45) is 7.59. The normalized spacial score (nSPS) is 27.9. The van der Waals surface area contributed by atoms with E-state index in [1.54, 1.807) is 0 Å². The Labute approximate surface area is 122 Å². The third-order valence-electron chi connectivity index (χ3n) is 5.04. The molecule has 1 heterocycles. The predicted molar refractivity (Wildman–Crippen MR) is 79.2 cm³/mol. The van der Waals surface area contributed by atoms with Gasteiger partial charge in [0.05, 0.1) is 12.5 Å². The number of nitrogens with zero attached hydrogens (tertiary/aromatic N) is 1. The van der Waals surface area contributed by atoms with E-state index >= 15 is 0 Å². The van der Waals surface area contributed by atoms with Crippen LogP contribution in [0.2, 0.25) is 0 Å². The van der Waals surface area contributed by atoms with Crippen molar-refractivity contribution in [3.8, 4) is 0 Å². The number of imide groups is 1. The zero-order valence-corrected chi connectivity index (χ0v) is 13.0. The highest BCUT2D eigenvalue weighted by Gasteiger charge is 2.41. The second kappa shape index (κ2) is 6.70. The summed E-state index contributed by atoms with van der Waals surface area (Å²) in [5, 5.41) is 3.43. The highest BCUT2D eigenvalue weighted by Crippen LogP contribution is 2.27. The maximum atomic E-state index is 12.4. The predicted octanol–water partition coefficient (Wildman–Crippen LogP) is 2.47. The fraction of sp³-hybridized carbons (Fsp3) is 0.875. The minimum Gasteiger partial charge on any atom is -0.303 e. The summed E-state index contributed by atoms with van der Waals surface area (Å²) in [5.41, 5.74) is 0. The van der Waals surface area contributed by atoms with E-state index in [0.717, 1.165) is 6.42 Å². The third kappa shape index (κ3) is 3.22. The number of amides is 2. The number of rotatable bonds is 5. The smallest absolute Gasteiger partial charge is 0.247 e. The summed E-state index contributed by atoms with van der Waals surface area (Å²) in [7, 11) is 0. The minimum atomic E-state index is -0.298. The Morgan fingerprint density at radius 1 is 1.20 bits per heavy atom. The maximum Gasteiger partial charge on any atom is 0.247 e. The Bertz CT molecular complexity index is 363. The van der Waals surface area contributed by atoms with E-state index in [2.05, 4.69) is 12.2 Å². The van der Waals surface area contributed by atoms with E-state index in [4.69, 9.17) is 0 Å². The van der Waals surface area contributed by atoms with Crippen molar-refractivity contribution in [2.24, 2.45) is 5.92 Å². The third-order valence-corrected chi connectivity index (χ3v) is 5.04. The first-order chi connectivity index (χ1) is 9.54. The lowest BCUT2D eigenvalue weighted by Gasteiger charge is -2.30. The molecular weight excluding hydrogens is 252 g/mol. The number of carbonyl (C=O) groups is 2. The van der Waals surface area contributed by atoms with Crippen LogP contribution in [0.3, 0.4) is 0 Å². The SMILES string of the molecule is CCC(C)N1C(=O)CC(NC(C)C2CCCCC2)C1=O. The number of hydrogen-bond donors (Lipinski definition) is 1. The first kappa shape index (κ1) is 15.5. The molecule has 3 atom stereocenters. The molecule has 1 saturated carbocycles. The Balaban J connectivity index is 1.93. The van der Waals surface area contributed by atoms with E-state index in [1.807, 2.05) is 13.8 Å². The number of hydrogen-bond acceptors (Lipinski definition) is 3. The quantitative estimate of drug-likeness (QED) is 0.787. The molecule has 2 rings (SSSR count). The Hall–Kier alpha value is -0.900. The molecule has 1 saturated heterocycles. The fourth-order valence-corrected chi connectivity index (χ4v) is 3.51. The van der Waals surface area contributed by atoms with Crippen LogP contribution in [-0.2, 0) is 9.59 Å². The van der Waals surface area contributed by atoms with Gasteiger partial charge in [0.1, 0.15) is 0 Å². The molecule has 2 fully saturated rings. The van der Waals surface area contributed by atoms with Gasteiger partial charge >= 0.3 is 0 Å². The molecule has 2 aliphatic rings. The van der Waals surface area contributed by atoms with Crippen molar-refractivity contribution in [1.29, 1.82) is 0 Å². The number of likely N-dealkylation sites (tertiary alicyclic amines) is 1. The number of nitrogens with one attached hydrogen (secondary N) is 1. The first-order valence-electron chi connectivity index (χ1n) is 8.16. The molecule has 0 aromatic carbocycles. The van der Waals surface area contributed by atoms with Crippen molar-refractivity contribution >= 4 is 11.8 Å². The van der Waals surface area contributed by atoms with Crippen LogP contribution >= 0.6 is 0 Å². The summed E-state index contributed by atoms with van der Waals surface area (Å²) >= 11 is 0. The molecule has 3 unspecified atom stereocenters. The van der Waals surface area contributed by atoms with Gasteiger partial charge in [0, 0.05) is 12.1 Å². The molecule has 20 heavy (non-hydrogen) atoms. The van der Waals surface area contributed by atoms with Gasteiger partial charge in [-0.05, 0) is 39.0 Å². The summed E-state index contributed by atoms with van der Waals surface area (Å²) < 4.78 is 0. The van der Waals surface area contributed by atoms with Crippen LogP contribution in [0, 0.1) is 5.92 Å². The van der Waals surface area contributed by atoms with Crippen LogP contribution in [0.5, 0.6) is 0 Å². The van der Waals surface area contributed by atoms with Gasteiger partial charge in [-0.1, -0.05) is 26.2 Å². The summed E-state index contributed by atoms with van der Waals surface area (Å²) in [6, 6.07) is 0.0501. The molecule has 114 valence electrons. The van der Waals surface area contributed by atoms with E-state index in [9.17, 15) is 9.59 Å². The second-order valence-electron chi connectivity index (χ2n) is 6.47. The minimum absolute atomic E-state index is 0.0160. The van der Waals surface area contributed by atoms with Crippen LogP contribution < -0.4 is 5.32 Å². The zero-order chi connectivity index (χ0) is 14.7. The van der Waals surface area contributed by atoms with E-state index < -0.39 is 0 Å². The largest absolute Gasteiger partial charge is 0.303 e. The maximum absolute atomic E-state index is 12.4. The molecule has 0 aromatic heterocycles. The van der Waals surface area contributed by atoms with Crippen LogP contribution in [0.25, 0.3) is 0 Å². The van der Waals surface area contributed by atoms with Crippen molar-refractivity contribution < 1.29 is 9.59 Å². The summed E-state index contributed by atoms with van der Waals surface area (Å²) in [4.78, 5) is 25.9. The van der Waals surface area contributed by atoms with E-state index in [1.165, 1.54) is 37.0 Å². The molecule has 1 N–H and O–H groups in total. The Morgan fingerprint density at radius 3 is 2.45 bits per heavy atom. The molecular formula is C16H28N2O2. The van der Waals surface area contributed by atoms with Gasteiger partial charge in [-0.25, -0.2) is 0 Å². The summed E-state index contributed by atoms with van der Waals surface area (Å²) in [5.74, 6) is 0.619. The second-order valence-corrected chi connectivity index (χ2v) is 6.47. The van der Waals surface area contributed by atoms with Gasteiger partial charge in [0.25, 0.3) is 0 Å². The highest BCUT2D eigenvalue weighted by atomic mass is 16.2. The topological polar surface area (TPSA) is 49.4 Å². The first-order valence-corrected chi connectivity index (χ1v) is 8.16. The van der Waals surface area contributed by atoms with Crippen molar-refractivity contribution in [3.05, 3.63) is 0 Å². The lowest BCUT2D eigenvalue weighted by Crippen LogP contribution is -2.47. The molecule has 4 nitrogen and oxygen atoms in total. The van der Waals surface area contributed by atoms with Gasteiger partial charge < -0.3 is 5.32 Å². The van der Waals surface area contributed by atoms with Crippen molar-refractivity contribution in [2.45, 2.75) is 83.8 Å². The average molecular weight is 280 g/mol. The van der Waals surface area contributed by atoms with Gasteiger partial charge in [-0.15, -0.1) is 0 Å². The van der Waals surface area contributed by atoms with Gasteiger partial charge in [-0.3, -0.25) is 14.5 Å².